The van der Waals surface area contributed by atoms with Crippen molar-refractivity contribution >= 4 is 29.3 Å². The van der Waals surface area contributed by atoms with E-state index >= 15 is 0 Å². The van der Waals surface area contributed by atoms with E-state index in [1.807, 2.05) is 59.5 Å². The number of nitrogens with one attached hydrogen (secondary N) is 1. The molecule has 1 N–H and O–H groups in total. The van der Waals surface area contributed by atoms with E-state index in [1.165, 1.54) is 5.56 Å². The summed E-state index contributed by atoms with van der Waals surface area (Å²) < 4.78 is 39.9. The van der Waals surface area contributed by atoms with E-state index in [1.54, 1.807) is 11.8 Å². The van der Waals surface area contributed by atoms with Crippen molar-refractivity contribution in [1.82, 2.24) is 15.1 Å². The number of fused-ring (bicyclic) bond motifs is 3. The molecule has 0 aromatic heterocycles. The SMILES string of the molecule is Cc1cccc(CN2CCc3ccc(N4CCN(CCCC5(C(=O)NCC(F)(F)F)c6ccccc6Sc6ccccc65)CC4)cc3C2=O)c1. The van der Waals surface area contributed by atoms with Crippen LogP contribution in [-0.2, 0) is 23.2 Å². The van der Waals surface area contributed by atoms with Gasteiger partial charge in [-0.3, -0.25) is 14.5 Å². The molecule has 0 saturated carbocycles. The number of amides is 2. The van der Waals surface area contributed by atoms with Crippen molar-refractivity contribution in [3.8, 4) is 0 Å². The molecule has 0 atom stereocenters. The van der Waals surface area contributed by atoms with Crippen LogP contribution < -0.4 is 10.2 Å². The molecule has 0 bridgehead atoms. The lowest BCUT2D eigenvalue weighted by Crippen LogP contribution is -2.50. The number of nitrogens with zero attached hydrogens (tertiary/aromatic N) is 3. The Morgan fingerprint density at radius 2 is 1.56 bits per heavy atom. The predicted octanol–water partition coefficient (Wildman–Crippen LogP) is 7.23. The van der Waals surface area contributed by atoms with Gasteiger partial charge >= 0.3 is 6.18 Å². The second-order valence-corrected chi connectivity index (χ2v) is 14.6. The molecule has 6 nitrogen and oxygen atoms in total. The van der Waals surface area contributed by atoms with Gasteiger partial charge in [-0.15, -0.1) is 0 Å². The normalized spacial score (nSPS) is 17.2. The van der Waals surface area contributed by atoms with Gasteiger partial charge in [0.25, 0.3) is 5.91 Å². The van der Waals surface area contributed by atoms with Crippen molar-refractivity contribution in [1.29, 1.82) is 0 Å². The number of alkyl halides is 3. The number of carbonyl (C=O) groups is 2. The molecule has 3 heterocycles. The molecule has 3 aliphatic heterocycles. The van der Waals surface area contributed by atoms with Crippen LogP contribution in [0.2, 0.25) is 0 Å². The van der Waals surface area contributed by atoms with E-state index in [4.69, 9.17) is 0 Å². The van der Waals surface area contributed by atoms with Crippen molar-refractivity contribution in [3.05, 3.63) is 124 Å². The van der Waals surface area contributed by atoms with Crippen LogP contribution in [0.1, 0.15) is 51.0 Å². The number of hydrogen-bond donors (Lipinski definition) is 1. The van der Waals surface area contributed by atoms with Gasteiger partial charge in [0.15, 0.2) is 0 Å². The first kappa shape index (κ1) is 34.2. The van der Waals surface area contributed by atoms with Crippen molar-refractivity contribution < 1.29 is 22.8 Å². The Morgan fingerprint density at radius 1 is 0.860 bits per heavy atom. The maximum atomic E-state index is 14.0. The first-order valence-corrected chi connectivity index (χ1v) is 18.1. The number of benzene rings is 4. The minimum Gasteiger partial charge on any atom is -0.369 e. The number of piperazine rings is 1. The van der Waals surface area contributed by atoms with E-state index in [-0.39, 0.29) is 5.91 Å². The minimum atomic E-state index is -4.51. The largest absolute Gasteiger partial charge is 0.405 e. The predicted molar refractivity (Wildman–Crippen MR) is 191 cm³/mol. The molecular formula is C40H41F3N4O2S. The Labute approximate surface area is 295 Å². The fourth-order valence-electron chi connectivity index (χ4n) is 7.72. The van der Waals surface area contributed by atoms with E-state index in [0.717, 1.165) is 82.4 Å². The number of rotatable bonds is 9. The average molecular weight is 699 g/mol. The highest BCUT2D eigenvalue weighted by Crippen LogP contribution is 2.51. The molecular weight excluding hydrogens is 658 g/mol. The number of hydrogen-bond acceptors (Lipinski definition) is 5. The summed E-state index contributed by atoms with van der Waals surface area (Å²) in [6, 6.07) is 29.7. The zero-order valence-corrected chi connectivity index (χ0v) is 29.0. The first-order valence-electron chi connectivity index (χ1n) is 17.3. The highest BCUT2D eigenvalue weighted by atomic mass is 32.2. The number of aryl methyl sites for hydroxylation is 1. The summed E-state index contributed by atoms with van der Waals surface area (Å²) in [5.74, 6) is -0.537. The van der Waals surface area contributed by atoms with Gasteiger partial charge in [0.1, 0.15) is 12.0 Å². The lowest BCUT2D eigenvalue weighted by atomic mass is 9.70. The van der Waals surface area contributed by atoms with Crippen molar-refractivity contribution in [2.24, 2.45) is 0 Å². The Hall–Kier alpha value is -4.28. The standard InChI is InChI=1S/C40H41F3N4O2S/c1-28-8-6-9-29(24-28)26-47-19-16-30-14-15-31(25-32(30)37(47)48)46-22-20-45(21-23-46)18-7-17-39(38(49)44-27-40(41,42)43)33-10-2-4-12-35(33)50-36-13-5-3-11-34(36)39/h2-6,8-15,24-25H,7,16-23,26-27H2,1H3,(H,44,49). The molecule has 260 valence electrons. The summed E-state index contributed by atoms with van der Waals surface area (Å²) in [6.07, 6.45) is -2.65. The van der Waals surface area contributed by atoms with Crippen LogP contribution in [0.3, 0.4) is 0 Å². The molecule has 0 radical (unpaired) electrons. The third-order valence-corrected chi connectivity index (χ3v) is 11.4. The number of anilines is 1. The fourth-order valence-corrected chi connectivity index (χ4v) is 8.96. The van der Waals surface area contributed by atoms with Crippen molar-refractivity contribution in [2.75, 3.05) is 50.7 Å². The van der Waals surface area contributed by atoms with Gasteiger partial charge < -0.3 is 15.1 Å². The first-order chi connectivity index (χ1) is 24.1. The zero-order valence-electron chi connectivity index (χ0n) is 28.1. The summed E-state index contributed by atoms with van der Waals surface area (Å²) >= 11 is 1.55. The molecule has 4 aromatic rings. The molecule has 2 amide bonds. The monoisotopic (exact) mass is 698 g/mol. The second-order valence-electron chi connectivity index (χ2n) is 13.5. The Bertz CT molecular complexity index is 1840. The second kappa shape index (κ2) is 14.2. The maximum absolute atomic E-state index is 14.0. The van der Waals surface area contributed by atoms with Gasteiger partial charge in [0.2, 0.25) is 5.91 Å². The van der Waals surface area contributed by atoms with Crippen LogP contribution in [0.15, 0.2) is 101 Å². The molecule has 0 aliphatic carbocycles. The highest BCUT2D eigenvalue weighted by Gasteiger charge is 2.47. The van der Waals surface area contributed by atoms with Crippen molar-refractivity contribution in [2.45, 2.75) is 54.1 Å². The van der Waals surface area contributed by atoms with Gasteiger partial charge in [0, 0.05) is 60.3 Å². The summed E-state index contributed by atoms with van der Waals surface area (Å²) in [6.45, 7) is 5.92. The Morgan fingerprint density at radius 3 is 2.24 bits per heavy atom. The van der Waals surface area contributed by atoms with E-state index in [9.17, 15) is 22.8 Å². The summed E-state index contributed by atoms with van der Waals surface area (Å²) in [4.78, 5) is 35.9. The van der Waals surface area contributed by atoms with Gasteiger partial charge in [0.05, 0.1) is 0 Å². The van der Waals surface area contributed by atoms with Crippen LogP contribution >= 0.6 is 11.8 Å². The molecule has 1 saturated heterocycles. The minimum absolute atomic E-state index is 0.0747. The number of halogens is 3. The zero-order chi connectivity index (χ0) is 34.9. The molecule has 50 heavy (non-hydrogen) atoms. The van der Waals surface area contributed by atoms with Crippen LogP contribution in [0.4, 0.5) is 18.9 Å². The topological polar surface area (TPSA) is 55.9 Å². The van der Waals surface area contributed by atoms with Gasteiger partial charge in [-0.1, -0.05) is 84.1 Å². The molecule has 10 heteroatoms. The average Bonchev–Trinajstić information content (AvgIpc) is 3.11. The Kier molecular flexibility index (Phi) is 9.67. The van der Waals surface area contributed by atoms with E-state index < -0.39 is 24.0 Å². The summed E-state index contributed by atoms with van der Waals surface area (Å²) in [5, 5.41) is 2.25. The molecule has 0 unspecified atom stereocenters. The highest BCUT2D eigenvalue weighted by molar-refractivity contribution is 7.99. The molecule has 7 rings (SSSR count). The van der Waals surface area contributed by atoms with Gasteiger partial charge in [-0.25, -0.2) is 0 Å². The van der Waals surface area contributed by atoms with Crippen LogP contribution in [0, 0.1) is 6.92 Å². The maximum Gasteiger partial charge on any atom is 0.405 e. The van der Waals surface area contributed by atoms with Crippen LogP contribution in [0.5, 0.6) is 0 Å². The quantitative estimate of drug-likeness (QED) is 0.200. The number of carbonyl (C=O) groups excluding carboxylic acids is 2. The van der Waals surface area contributed by atoms with E-state index in [2.05, 4.69) is 58.4 Å². The lowest BCUT2D eigenvalue weighted by molar-refractivity contribution is -0.141. The third-order valence-electron chi connectivity index (χ3n) is 10.2. The Balaban J connectivity index is 1.02. The van der Waals surface area contributed by atoms with Gasteiger partial charge in [-0.2, -0.15) is 13.2 Å². The molecule has 1 fully saturated rings. The summed E-state index contributed by atoms with van der Waals surface area (Å²) in [7, 11) is 0. The molecule has 3 aliphatic rings. The van der Waals surface area contributed by atoms with Crippen molar-refractivity contribution in [3.63, 3.8) is 0 Å². The fraction of sp³-hybridized carbons (Fsp3) is 0.350. The van der Waals surface area contributed by atoms with E-state index in [0.29, 0.717) is 25.9 Å². The van der Waals surface area contributed by atoms with Crippen LogP contribution in [0.25, 0.3) is 0 Å². The van der Waals surface area contributed by atoms with Crippen LogP contribution in [-0.4, -0.2) is 73.6 Å². The van der Waals surface area contributed by atoms with Gasteiger partial charge in [-0.05, 0) is 79.3 Å². The smallest absolute Gasteiger partial charge is 0.369 e. The third kappa shape index (κ3) is 7.01. The lowest BCUT2D eigenvalue weighted by Gasteiger charge is -2.40. The molecule has 4 aromatic carbocycles. The summed E-state index contributed by atoms with van der Waals surface area (Å²) in [5.41, 5.74) is 5.53. The molecule has 0 spiro atoms.